The highest BCUT2D eigenvalue weighted by atomic mass is 16.3. The summed E-state index contributed by atoms with van der Waals surface area (Å²) in [6.45, 7) is 2.07. The highest BCUT2D eigenvalue weighted by molar-refractivity contribution is 5.94. The zero-order chi connectivity index (χ0) is 17.4. The molecule has 3 heterocycles. The minimum Gasteiger partial charge on any atom is -0.448 e. The van der Waals surface area contributed by atoms with Crippen molar-refractivity contribution in [2.75, 3.05) is 6.61 Å². The van der Waals surface area contributed by atoms with Crippen LogP contribution in [0.5, 0.6) is 0 Å². The molecule has 1 amide bonds. The Balaban J connectivity index is 1.63. The van der Waals surface area contributed by atoms with E-state index < -0.39 is 0 Å². The van der Waals surface area contributed by atoms with Crippen LogP contribution in [0, 0.1) is 5.41 Å². The van der Waals surface area contributed by atoms with Gasteiger partial charge in [-0.15, -0.1) is 0 Å². The number of hydrogen-bond donors (Lipinski definition) is 1. The zero-order valence-electron chi connectivity index (χ0n) is 14.5. The number of rotatable bonds is 5. The molecule has 3 atom stereocenters. The van der Waals surface area contributed by atoms with Gasteiger partial charge in [0.05, 0.1) is 6.61 Å². The Morgan fingerprint density at radius 2 is 2.16 bits per heavy atom. The molecule has 4 rings (SSSR count). The maximum Gasteiger partial charge on any atom is 0.276 e. The van der Waals surface area contributed by atoms with Gasteiger partial charge >= 0.3 is 0 Å². The van der Waals surface area contributed by atoms with Crippen molar-refractivity contribution >= 4 is 5.91 Å². The molecule has 1 aromatic carbocycles. The Kier molecular flexibility index (Phi) is 4.12. The van der Waals surface area contributed by atoms with Crippen LogP contribution in [-0.2, 0) is 12.8 Å². The number of aryl methyl sites for hydroxylation is 1. The van der Waals surface area contributed by atoms with Gasteiger partial charge in [-0.3, -0.25) is 4.79 Å². The van der Waals surface area contributed by atoms with Crippen molar-refractivity contribution in [3.63, 3.8) is 0 Å². The molecular formula is C20H24N2O3. The molecule has 0 radical (unpaired) electrons. The summed E-state index contributed by atoms with van der Waals surface area (Å²) in [5, 5.41) is 10.3. The van der Waals surface area contributed by atoms with Crippen LogP contribution in [0.2, 0.25) is 0 Å². The molecule has 0 aliphatic carbocycles. The molecule has 2 aromatic rings. The number of amides is 1. The first-order valence-electron chi connectivity index (χ1n) is 9.08. The molecule has 2 bridgehead atoms. The Morgan fingerprint density at radius 1 is 1.36 bits per heavy atom. The van der Waals surface area contributed by atoms with Crippen LogP contribution < -0.4 is 0 Å². The molecule has 0 unspecified atom stereocenters. The monoisotopic (exact) mass is 340 g/mol. The third-order valence-corrected chi connectivity index (χ3v) is 5.96. The van der Waals surface area contributed by atoms with Crippen molar-refractivity contribution in [1.29, 1.82) is 0 Å². The highest BCUT2D eigenvalue weighted by Gasteiger charge is 2.57. The van der Waals surface area contributed by atoms with Crippen molar-refractivity contribution in [3.05, 3.63) is 53.7 Å². The summed E-state index contributed by atoms with van der Waals surface area (Å²) < 4.78 is 5.35. The van der Waals surface area contributed by atoms with Gasteiger partial charge < -0.3 is 14.4 Å². The summed E-state index contributed by atoms with van der Waals surface area (Å²) in [6, 6.07) is 10.5. The molecule has 2 saturated heterocycles. The first-order chi connectivity index (χ1) is 12.2. The Hall–Kier alpha value is -2.14. The van der Waals surface area contributed by atoms with Crippen LogP contribution >= 0.6 is 0 Å². The largest absolute Gasteiger partial charge is 0.448 e. The second kappa shape index (κ2) is 6.30. The fourth-order valence-electron chi connectivity index (χ4n) is 4.83. The number of aliphatic hydroxyl groups excluding tert-OH is 1. The summed E-state index contributed by atoms with van der Waals surface area (Å²) >= 11 is 0. The Bertz CT molecular complexity index is 757. The number of aliphatic hydroxyl groups is 1. The van der Waals surface area contributed by atoms with Crippen molar-refractivity contribution in [2.24, 2.45) is 5.41 Å². The zero-order valence-corrected chi connectivity index (χ0v) is 14.5. The van der Waals surface area contributed by atoms with Crippen molar-refractivity contribution in [1.82, 2.24) is 9.88 Å². The van der Waals surface area contributed by atoms with E-state index in [1.807, 2.05) is 30.0 Å². The van der Waals surface area contributed by atoms with Gasteiger partial charge in [-0.05, 0) is 31.2 Å². The van der Waals surface area contributed by atoms with Gasteiger partial charge in [0.2, 0.25) is 0 Å². The predicted octanol–water partition coefficient (Wildman–Crippen LogP) is 2.84. The first kappa shape index (κ1) is 16.3. The molecule has 2 aliphatic heterocycles. The summed E-state index contributed by atoms with van der Waals surface area (Å²) in [5.41, 5.74) is 1.40. The third kappa shape index (κ3) is 2.58. The van der Waals surface area contributed by atoms with E-state index in [0.29, 0.717) is 17.9 Å². The summed E-state index contributed by atoms with van der Waals surface area (Å²) in [5.74, 6) is 0.607. The number of aromatic nitrogens is 1. The lowest BCUT2D eigenvalue weighted by molar-refractivity contribution is 0.0565. The average Bonchev–Trinajstić information content (AvgIpc) is 3.35. The SMILES string of the molecule is CCc1ocnc1C(=O)N1[C@H]2CC[C@@H]1[C@@](CO)(Cc1ccccc1)C2. The van der Waals surface area contributed by atoms with E-state index in [1.54, 1.807) is 0 Å². The number of benzene rings is 1. The molecule has 5 nitrogen and oxygen atoms in total. The van der Waals surface area contributed by atoms with E-state index in [1.165, 1.54) is 12.0 Å². The number of carbonyl (C=O) groups excluding carboxylic acids is 1. The second-order valence-corrected chi connectivity index (χ2v) is 7.32. The quantitative estimate of drug-likeness (QED) is 0.909. The maximum absolute atomic E-state index is 13.1. The van der Waals surface area contributed by atoms with Crippen LogP contribution in [0.3, 0.4) is 0 Å². The average molecular weight is 340 g/mol. The third-order valence-electron chi connectivity index (χ3n) is 5.96. The fraction of sp³-hybridized carbons (Fsp3) is 0.500. The minimum absolute atomic E-state index is 0.0403. The highest BCUT2D eigenvalue weighted by Crippen LogP contribution is 2.51. The summed E-state index contributed by atoms with van der Waals surface area (Å²) in [7, 11) is 0. The van der Waals surface area contributed by atoms with E-state index in [2.05, 4.69) is 17.1 Å². The number of carbonyl (C=O) groups is 1. The van der Waals surface area contributed by atoms with Gasteiger partial charge in [0, 0.05) is 23.9 Å². The summed E-state index contributed by atoms with van der Waals surface area (Å²) in [4.78, 5) is 19.3. The van der Waals surface area contributed by atoms with Crippen LogP contribution in [0.15, 0.2) is 41.1 Å². The van der Waals surface area contributed by atoms with E-state index in [0.717, 1.165) is 25.7 Å². The van der Waals surface area contributed by atoms with Crippen LogP contribution in [0.25, 0.3) is 0 Å². The first-order valence-corrected chi connectivity index (χ1v) is 9.08. The van der Waals surface area contributed by atoms with Crippen LogP contribution in [0.1, 0.15) is 48.0 Å². The van der Waals surface area contributed by atoms with Gasteiger partial charge in [-0.1, -0.05) is 37.3 Å². The topological polar surface area (TPSA) is 66.6 Å². The van der Waals surface area contributed by atoms with E-state index >= 15 is 0 Å². The normalized spacial score (nSPS) is 27.8. The number of oxazole rings is 1. The van der Waals surface area contributed by atoms with Crippen molar-refractivity contribution < 1.29 is 14.3 Å². The molecule has 132 valence electrons. The molecule has 2 aliphatic rings. The van der Waals surface area contributed by atoms with Crippen molar-refractivity contribution in [2.45, 2.75) is 51.1 Å². The smallest absolute Gasteiger partial charge is 0.276 e. The van der Waals surface area contributed by atoms with Gasteiger partial charge in [0.1, 0.15) is 5.76 Å². The van der Waals surface area contributed by atoms with Gasteiger partial charge in [0.25, 0.3) is 5.91 Å². The molecule has 25 heavy (non-hydrogen) atoms. The molecule has 2 fully saturated rings. The minimum atomic E-state index is -0.254. The molecule has 5 heteroatoms. The standard InChI is InChI=1S/C20H24N2O3/c1-2-16-18(21-13-25-16)19(24)22-15-8-9-17(22)20(11-15,12-23)10-14-6-4-3-5-7-14/h3-7,13,15,17,23H,2,8-12H2,1H3/t15-,17+,20-/m0/s1. The maximum atomic E-state index is 13.1. The Labute approximate surface area is 147 Å². The molecule has 1 N–H and O–H groups in total. The van der Waals surface area contributed by atoms with Crippen LogP contribution in [-0.4, -0.2) is 39.6 Å². The number of hydrogen-bond acceptors (Lipinski definition) is 4. The number of nitrogens with zero attached hydrogens (tertiary/aromatic N) is 2. The van der Waals surface area contributed by atoms with Crippen molar-refractivity contribution in [3.8, 4) is 0 Å². The molecule has 0 saturated carbocycles. The van der Waals surface area contributed by atoms with E-state index in [9.17, 15) is 9.90 Å². The predicted molar refractivity (Wildman–Crippen MR) is 93.1 cm³/mol. The lowest BCUT2D eigenvalue weighted by Gasteiger charge is -2.36. The molecular weight excluding hydrogens is 316 g/mol. The fourth-order valence-corrected chi connectivity index (χ4v) is 4.83. The molecule has 0 spiro atoms. The summed E-state index contributed by atoms with van der Waals surface area (Å²) in [6.07, 6.45) is 5.62. The second-order valence-electron chi connectivity index (χ2n) is 7.32. The van der Waals surface area contributed by atoms with Gasteiger partial charge in [0.15, 0.2) is 12.1 Å². The van der Waals surface area contributed by atoms with Crippen LogP contribution in [0.4, 0.5) is 0 Å². The Morgan fingerprint density at radius 3 is 2.88 bits per heavy atom. The number of fused-ring (bicyclic) bond motifs is 2. The van der Waals surface area contributed by atoms with Gasteiger partial charge in [-0.25, -0.2) is 4.98 Å². The van der Waals surface area contributed by atoms with Gasteiger partial charge in [-0.2, -0.15) is 0 Å². The lowest BCUT2D eigenvalue weighted by Crippen LogP contribution is -2.44. The van der Waals surface area contributed by atoms with E-state index in [-0.39, 0.29) is 30.0 Å². The lowest BCUT2D eigenvalue weighted by atomic mass is 9.70. The molecule has 1 aromatic heterocycles. The van der Waals surface area contributed by atoms with E-state index in [4.69, 9.17) is 4.42 Å².